The number of rotatable bonds is 7. The number of amides is 1. The van der Waals surface area contributed by atoms with Crippen LogP contribution in [0.5, 0.6) is 0 Å². The van der Waals surface area contributed by atoms with Crippen LogP contribution in [0.1, 0.15) is 32.6 Å². The normalized spacial score (nSPS) is 19.7. The van der Waals surface area contributed by atoms with E-state index in [1.54, 1.807) is 0 Å². The minimum atomic E-state index is -0.833. The number of hydrogen-bond acceptors (Lipinski definition) is 4. The summed E-state index contributed by atoms with van der Waals surface area (Å²) in [6.45, 7) is 3.73. The molecule has 0 bridgehead atoms. The highest BCUT2D eigenvalue weighted by molar-refractivity contribution is 5.83. The summed E-state index contributed by atoms with van der Waals surface area (Å²) in [4.78, 5) is 22.9. The Labute approximate surface area is 113 Å². The molecule has 1 amide bonds. The molecule has 1 aliphatic heterocycles. The maximum atomic E-state index is 12.3. The number of carboxylic acid groups (broad SMARTS) is 1. The van der Waals surface area contributed by atoms with Gasteiger partial charge in [0.05, 0.1) is 5.41 Å². The van der Waals surface area contributed by atoms with E-state index in [1.807, 2.05) is 6.92 Å². The molecule has 19 heavy (non-hydrogen) atoms. The second-order valence-electron chi connectivity index (χ2n) is 5.18. The number of carbonyl (C=O) groups is 2. The van der Waals surface area contributed by atoms with Crippen molar-refractivity contribution in [2.24, 2.45) is 17.1 Å². The van der Waals surface area contributed by atoms with Crippen LogP contribution in [-0.4, -0.2) is 43.3 Å². The van der Waals surface area contributed by atoms with Crippen LogP contribution < -0.4 is 11.1 Å². The third-order valence-corrected chi connectivity index (χ3v) is 3.91. The summed E-state index contributed by atoms with van der Waals surface area (Å²) in [5.41, 5.74) is 5.21. The van der Waals surface area contributed by atoms with Gasteiger partial charge in [0.1, 0.15) is 0 Å². The molecule has 6 heteroatoms. The molecule has 1 unspecified atom stereocenters. The maximum Gasteiger partial charge on any atom is 0.303 e. The van der Waals surface area contributed by atoms with Gasteiger partial charge in [-0.25, -0.2) is 0 Å². The summed E-state index contributed by atoms with van der Waals surface area (Å²) in [6.07, 6.45) is 2.07. The fourth-order valence-electron chi connectivity index (χ4n) is 2.32. The van der Waals surface area contributed by atoms with Gasteiger partial charge in [-0.1, -0.05) is 13.3 Å². The van der Waals surface area contributed by atoms with Crippen LogP contribution in [0.2, 0.25) is 0 Å². The van der Waals surface area contributed by atoms with Crippen molar-refractivity contribution in [2.75, 3.05) is 26.3 Å². The van der Waals surface area contributed by atoms with E-state index >= 15 is 0 Å². The average Bonchev–Trinajstić information content (AvgIpc) is 2.43. The molecule has 0 radical (unpaired) electrons. The zero-order valence-corrected chi connectivity index (χ0v) is 11.5. The van der Waals surface area contributed by atoms with Crippen molar-refractivity contribution >= 4 is 11.9 Å². The predicted octanol–water partition coefficient (Wildman–Crippen LogP) is 0.359. The second-order valence-corrected chi connectivity index (χ2v) is 5.18. The molecular formula is C13H24N2O4. The Bertz CT molecular complexity index is 314. The average molecular weight is 272 g/mol. The van der Waals surface area contributed by atoms with Gasteiger partial charge in [-0.05, 0) is 18.8 Å². The third kappa shape index (κ3) is 4.47. The molecule has 0 aliphatic carbocycles. The van der Waals surface area contributed by atoms with E-state index < -0.39 is 11.4 Å². The van der Waals surface area contributed by atoms with Gasteiger partial charge in [0, 0.05) is 32.7 Å². The first kappa shape index (κ1) is 15.9. The molecule has 1 fully saturated rings. The fraction of sp³-hybridized carbons (Fsp3) is 0.846. The summed E-state index contributed by atoms with van der Waals surface area (Å²) < 4.78 is 5.26. The molecule has 0 aromatic carbocycles. The fourth-order valence-corrected chi connectivity index (χ4v) is 2.32. The Balaban J connectivity index is 2.50. The minimum absolute atomic E-state index is 0.0314. The van der Waals surface area contributed by atoms with Crippen molar-refractivity contribution in [2.45, 2.75) is 32.6 Å². The summed E-state index contributed by atoms with van der Waals surface area (Å²) in [6, 6.07) is 0. The first-order valence-corrected chi connectivity index (χ1v) is 6.82. The lowest BCUT2D eigenvalue weighted by atomic mass is 9.79. The zero-order valence-electron chi connectivity index (χ0n) is 11.5. The number of aliphatic carboxylic acids is 1. The Morgan fingerprint density at radius 2 is 2.05 bits per heavy atom. The summed E-state index contributed by atoms with van der Waals surface area (Å²) in [7, 11) is 0. The molecule has 1 rings (SSSR count). The standard InChI is InChI=1S/C13H24N2O4/c1-2-10(7-11(16)17)8-15-12(18)13(9-14)3-5-19-6-4-13/h10H,2-9,14H2,1H3,(H,15,18)(H,16,17). The number of hydrogen-bond donors (Lipinski definition) is 3. The number of nitrogens with two attached hydrogens (primary N) is 1. The summed E-state index contributed by atoms with van der Waals surface area (Å²) in [5, 5.41) is 11.6. The van der Waals surface area contributed by atoms with Crippen LogP contribution in [-0.2, 0) is 14.3 Å². The van der Waals surface area contributed by atoms with Gasteiger partial charge in [-0.3, -0.25) is 9.59 Å². The van der Waals surface area contributed by atoms with Crippen molar-refractivity contribution in [1.29, 1.82) is 0 Å². The van der Waals surface area contributed by atoms with Crippen molar-refractivity contribution in [1.82, 2.24) is 5.32 Å². The van der Waals surface area contributed by atoms with E-state index in [-0.39, 0.29) is 18.2 Å². The summed E-state index contributed by atoms with van der Waals surface area (Å²) in [5.74, 6) is -0.932. The van der Waals surface area contributed by atoms with E-state index in [4.69, 9.17) is 15.6 Å². The highest BCUT2D eigenvalue weighted by atomic mass is 16.5. The van der Waals surface area contributed by atoms with Crippen molar-refractivity contribution in [3.8, 4) is 0 Å². The second kappa shape index (κ2) is 7.45. The van der Waals surface area contributed by atoms with Crippen LogP contribution in [0.15, 0.2) is 0 Å². The van der Waals surface area contributed by atoms with E-state index in [2.05, 4.69) is 5.32 Å². The van der Waals surface area contributed by atoms with Crippen molar-refractivity contribution in [3.63, 3.8) is 0 Å². The zero-order chi connectivity index (χ0) is 14.3. The molecular weight excluding hydrogens is 248 g/mol. The SMILES string of the molecule is CCC(CNC(=O)C1(CN)CCOCC1)CC(=O)O. The molecule has 6 nitrogen and oxygen atoms in total. The first-order valence-electron chi connectivity index (χ1n) is 6.82. The highest BCUT2D eigenvalue weighted by Gasteiger charge is 2.38. The number of carbonyl (C=O) groups excluding carboxylic acids is 1. The van der Waals surface area contributed by atoms with Gasteiger partial charge < -0.3 is 20.9 Å². The Morgan fingerprint density at radius 1 is 1.42 bits per heavy atom. The highest BCUT2D eigenvalue weighted by Crippen LogP contribution is 2.29. The monoisotopic (exact) mass is 272 g/mol. The number of ether oxygens (including phenoxy) is 1. The van der Waals surface area contributed by atoms with E-state index in [9.17, 15) is 9.59 Å². The van der Waals surface area contributed by atoms with Gasteiger partial charge in [-0.2, -0.15) is 0 Å². The molecule has 1 aliphatic rings. The molecule has 0 saturated carbocycles. The molecule has 110 valence electrons. The Kier molecular flexibility index (Phi) is 6.24. The van der Waals surface area contributed by atoms with Gasteiger partial charge in [0.2, 0.25) is 5.91 Å². The molecule has 1 atom stereocenters. The lowest BCUT2D eigenvalue weighted by Gasteiger charge is -2.34. The lowest BCUT2D eigenvalue weighted by molar-refractivity contribution is -0.139. The van der Waals surface area contributed by atoms with E-state index in [1.165, 1.54) is 0 Å². The van der Waals surface area contributed by atoms with E-state index in [0.717, 1.165) is 6.42 Å². The van der Waals surface area contributed by atoms with Crippen LogP contribution in [0, 0.1) is 11.3 Å². The summed E-state index contributed by atoms with van der Waals surface area (Å²) >= 11 is 0. The van der Waals surface area contributed by atoms with Gasteiger partial charge in [0.25, 0.3) is 0 Å². The lowest BCUT2D eigenvalue weighted by Crippen LogP contribution is -2.50. The Morgan fingerprint density at radius 3 is 2.53 bits per heavy atom. The number of carboxylic acids is 1. The first-order chi connectivity index (χ1) is 9.04. The van der Waals surface area contributed by atoms with E-state index in [0.29, 0.717) is 39.1 Å². The molecule has 0 aromatic rings. The van der Waals surface area contributed by atoms with Crippen LogP contribution in [0.3, 0.4) is 0 Å². The molecule has 1 heterocycles. The van der Waals surface area contributed by atoms with Gasteiger partial charge in [-0.15, -0.1) is 0 Å². The predicted molar refractivity (Wildman–Crippen MR) is 70.6 cm³/mol. The van der Waals surface area contributed by atoms with Crippen LogP contribution in [0.4, 0.5) is 0 Å². The topological polar surface area (TPSA) is 102 Å². The molecule has 4 N–H and O–H groups in total. The third-order valence-electron chi connectivity index (χ3n) is 3.91. The molecule has 1 saturated heterocycles. The van der Waals surface area contributed by atoms with Gasteiger partial charge in [0.15, 0.2) is 0 Å². The minimum Gasteiger partial charge on any atom is -0.481 e. The van der Waals surface area contributed by atoms with Crippen molar-refractivity contribution in [3.05, 3.63) is 0 Å². The molecule has 0 spiro atoms. The molecule has 0 aromatic heterocycles. The maximum absolute atomic E-state index is 12.3. The Hall–Kier alpha value is -1.14. The van der Waals surface area contributed by atoms with Crippen LogP contribution >= 0.6 is 0 Å². The van der Waals surface area contributed by atoms with Gasteiger partial charge >= 0.3 is 5.97 Å². The quantitative estimate of drug-likeness (QED) is 0.621. The number of nitrogens with one attached hydrogen (secondary N) is 1. The largest absolute Gasteiger partial charge is 0.481 e. The van der Waals surface area contributed by atoms with Crippen molar-refractivity contribution < 1.29 is 19.4 Å². The van der Waals surface area contributed by atoms with Crippen LogP contribution in [0.25, 0.3) is 0 Å². The smallest absolute Gasteiger partial charge is 0.303 e.